The topological polar surface area (TPSA) is 67.8 Å². The van der Waals surface area contributed by atoms with E-state index in [9.17, 15) is 4.79 Å². The first-order valence-corrected chi connectivity index (χ1v) is 10.5. The number of amides is 1. The summed E-state index contributed by atoms with van der Waals surface area (Å²) in [5.41, 5.74) is 1.44. The van der Waals surface area contributed by atoms with Gasteiger partial charge >= 0.3 is 12.1 Å². The van der Waals surface area contributed by atoms with Crippen LogP contribution >= 0.6 is 11.6 Å². The fourth-order valence-corrected chi connectivity index (χ4v) is 4.25. The highest BCUT2D eigenvalue weighted by Crippen LogP contribution is 2.36. The number of anilines is 1. The molecule has 0 N–H and O–H groups in total. The number of carbonyl (C=O) groups is 1. The van der Waals surface area contributed by atoms with E-state index in [-0.39, 0.29) is 6.09 Å². The fourth-order valence-electron chi connectivity index (χ4n) is 4.13. The van der Waals surface area contributed by atoms with E-state index in [0.29, 0.717) is 29.9 Å². The SMILES string of the molecule is O=C1O[C@@]2(CCN(Cc3cccc(Oc4ncccn4)c3)C2)CN1c1ccc(Cl)cc1. The second-order valence-electron chi connectivity index (χ2n) is 7.86. The van der Waals surface area contributed by atoms with E-state index in [1.165, 1.54) is 0 Å². The predicted octanol–water partition coefficient (Wildman–Crippen LogP) is 4.52. The second-order valence-corrected chi connectivity index (χ2v) is 8.29. The van der Waals surface area contributed by atoms with Crippen molar-refractivity contribution >= 4 is 23.4 Å². The van der Waals surface area contributed by atoms with Gasteiger partial charge in [-0.2, -0.15) is 0 Å². The van der Waals surface area contributed by atoms with Crippen LogP contribution in [0, 0.1) is 0 Å². The van der Waals surface area contributed by atoms with Gasteiger partial charge in [0, 0.05) is 49.2 Å². The Morgan fingerprint density at radius 2 is 1.87 bits per heavy atom. The van der Waals surface area contributed by atoms with Gasteiger partial charge in [-0.25, -0.2) is 14.8 Å². The molecule has 0 saturated carbocycles. The lowest BCUT2D eigenvalue weighted by atomic mass is 10.0. The normalized spacial score (nSPS) is 20.9. The molecule has 0 unspecified atom stereocenters. The van der Waals surface area contributed by atoms with Crippen LogP contribution in [0.5, 0.6) is 11.8 Å². The molecule has 158 valence electrons. The molecule has 0 bridgehead atoms. The molecule has 3 heterocycles. The number of hydrogen-bond acceptors (Lipinski definition) is 6. The van der Waals surface area contributed by atoms with Crippen LogP contribution in [0.1, 0.15) is 12.0 Å². The maximum Gasteiger partial charge on any atom is 0.415 e. The lowest BCUT2D eigenvalue weighted by Gasteiger charge is -2.22. The third-order valence-electron chi connectivity index (χ3n) is 5.56. The molecule has 1 aromatic heterocycles. The average Bonchev–Trinajstić information content (AvgIpc) is 3.31. The number of aromatic nitrogens is 2. The largest absolute Gasteiger partial charge is 0.439 e. The van der Waals surface area contributed by atoms with Crippen molar-refractivity contribution in [2.24, 2.45) is 0 Å². The summed E-state index contributed by atoms with van der Waals surface area (Å²) in [5, 5.41) is 0.642. The minimum Gasteiger partial charge on any atom is -0.439 e. The first-order valence-electron chi connectivity index (χ1n) is 10.1. The van der Waals surface area contributed by atoms with Crippen molar-refractivity contribution in [1.29, 1.82) is 0 Å². The summed E-state index contributed by atoms with van der Waals surface area (Å²) in [4.78, 5) is 24.7. The van der Waals surface area contributed by atoms with Crippen LogP contribution in [-0.2, 0) is 11.3 Å². The van der Waals surface area contributed by atoms with Gasteiger partial charge < -0.3 is 9.47 Å². The standard InChI is InChI=1S/C23H21ClN4O3/c24-18-5-7-19(8-6-18)28-16-23(31-22(28)29)9-12-27(15-23)14-17-3-1-4-20(13-17)30-21-25-10-2-11-26-21/h1-8,10-11,13H,9,12,14-16H2/t23-/m1/s1. The van der Waals surface area contributed by atoms with Crippen LogP contribution in [0.2, 0.25) is 5.02 Å². The van der Waals surface area contributed by atoms with Gasteiger partial charge in [0.15, 0.2) is 0 Å². The predicted molar refractivity (Wildman–Crippen MR) is 116 cm³/mol. The van der Waals surface area contributed by atoms with Crippen LogP contribution < -0.4 is 9.64 Å². The van der Waals surface area contributed by atoms with Gasteiger partial charge in [0.1, 0.15) is 11.4 Å². The van der Waals surface area contributed by atoms with Gasteiger partial charge in [-0.1, -0.05) is 23.7 Å². The Morgan fingerprint density at radius 3 is 2.68 bits per heavy atom. The smallest absolute Gasteiger partial charge is 0.415 e. The molecule has 2 aliphatic heterocycles. The number of likely N-dealkylation sites (tertiary alicyclic amines) is 1. The number of nitrogens with zero attached hydrogens (tertiary/aromatic N) is 4. The molecule has 7 nitrogen and oxygen atoms in total. The zero-order chi connectivity index (χ0) is 21.3. The Labute approximate surface area is 185 Å². The molecular formula is C23H21ClN4O3. The molecular weight excluding hydrogens is 416 g/mol. The van der Waals surface area contributed by atoms with Crippen molar-refractivity contribution < 1.29 is 14.3 Å². The molecule has 1 atom stereocenters. The highest BCUT2D eigenvalue weighted by Gasteiger charge is 2.49. The Kier molecular flexibility index (Phi) is 5.21. The molecule has 5 rings (SSSR count). The number of rotatable bonds is 5. The van der Waals surface area contributed by atoms with Gasteiger partial charge in [0.05, 0.1) is 6.54 Å². The molecule has 2 fully saturated rings. The molecule has 2 saturated heterocycles. The van der Waals surface area contributed by atoms with Crippen LogP contribution in [0.4, 0.5) is 10.5 Å². The van der Waals surface area contributed by atoms with Gasteiger partial charge in [-0.15, -0.1) is 0 Å². The van der Waals surface area contributed by atoms with Crippen molar-refractivity contribution in [3.63, 3.8) is 0 Å². The molecule has 2 aromatic carbocycles. The summed E-state index contributed by atoms with van der Waals surface area (Å²) in [6.45, 7) is 2.83. The Balaban J connectivity index is 1.24. The zero-order valence-electron chi connectivity index (χ0n) is 16.8. The van der Waals surface area contributed by atoms with Crippen molar-refractivity contribution in [2.45, 2.75) is 18.6 Å². The first-order chi connectivity index (χ1) is 15.1. The first kappa shape index (κ1) is 19.8. The highest BCUT2D eigenvalue weighted by molar-refractivity contribution is 6.30. The third kappa shape index (κ3) is 4.33. The average molecular weight is 437 g/mol. The molecule has 8 heteroatoms. The summed E-state index contributed by atoms with van der Waals surface area (Å²) in [6.07, 6.45) is 3.79. The minimum atomic E-state index is -0.483. The van der Waals surface area contributed by atoms with Gasteiger partial charge in [0.25, 0.3) is 0 Å². The summed E-state index contributed by atoms with van der Waals surface area (Å²) >= 11 is 5.97. The maximum atomic E-state index is 12.5. The molecule has 0 radical (unpaired) electrons. The summed E-state index contributed by atoms with van der Waals surface area (Å²) in [7, 11) is 0. The van der Waals surface area contributed by atoms with Gasteiger partial charge in [-0.05, 0) is 48.0 Å². The van der Waals surface area contributed by atoms with Crippen LogP contribution in [0.25, 0.3) is 0 Å². The van der Waals surface area contributed by atoms with E-state index in [0.717, 1.165) is 30.8 Å². The van der Waals surface area contributed by atoms with E-state index < -0.39 is 5.60 Å². The Morgan fingerprint density at radius 1 is 1.06 bits per heavy atom. The summed E-state index contributed by atoms with van der Waals surface area (Å²) < 4.78 is 11.6. The molecule has 2 aliphatic rings. The molecule has 0 aliphatic carbocycles. The zero-order valence-corrected chi connectivity index (χ0v) is 17.5. The molecule has 1 amide bonds. The number of carbonyl (C=O) groups excluding carboxylic acids is 1. The number of benzene rings is 2. The maximum absolute atomic E-state index is 12.5. The lowest BCUT2D eigenvalue weighted by molar-refractivity contribution is 0.0629. The Hall–Kier alpha value is -3.16. The minimum absolute atomic E-state index is 0.303. The van der Waals surface area contributed by atoms with E-state index in [2.05, 4.69) is 20.9 Å². The van der Waals surface area contributed by atoms with E-state index in [4.69, 9.17) is 21.1 Å². The second kappa shape index (κ2) is 8.17. The summed E-state index contributed by atoms with van der Waals surface area (Å²) in [6, 6.07) is 17.2. The van der Waals surface area contributed by atoms with Gasteiger partial charge in [0.2, 0.25) is 0 Å². The van der Waals surface area contributed by atoms with Crippen LogP contribution in [-0.4, -0.2) is 46.2 Å². The molecule has 3 aromatic rings. The van der Waals surface area contributed by atoms with E-state index >= 15 is 0 Å². The highest BCUT2D eigenvalue weighted by atomic mass is 35.5. The van der Waals surface area contributed by atoms with E-state index in [1.54, 1.807) is 35.5 Å². The third-order valence-corrected chi connectivity index (χ3v) is 5.81. The van der Waals surface area contributed by atoms with Crippen molar-refractivity contribution in [1.82, 2.24) is 14.9 Å². The number of ether oxygens (including phenoxy) is 2. The van der Waals surface area contributed by atoms with Crippen LogP contribution in [0.15, 0.2) is 67.0 Å². The molecule has 31 heavy (non-hydrogen) atoms. The molecule has 1 spiro atoms. The van der Waals surface area contributed by atoms with Crippen molar-refractivity contribution in [2.75, 3.05) is 24.5 Å². The number of halogens is 1. The quantitative estimate of drug-likeness (QED) is 0.585. The van der Waals surface area contributed by atoms with E-state index in [1.807, 2.05) is 30.3 Å². The van der Waals surface area contributed by atoms with Crippen molar-refractivity contribution in [3.8, 4) is 11.8 Å². The summed E-state index contributed by atoms with van der Waals surface area (Å²) in [5.74, 6) is 0.693. The monoisotopic (exact) mass is 436 g/mol. The lowest BCUT2D eigenvalue weighted by Crippen LogP contribution is -2.37. The van der Waals surface area contributed by atoms with Crippen LogP contribution in [0.3, 0.4) is 0 Å². The fraction of sp³-hybridized carbons (Fsp3) is 0.261. The number of hydrogen-bond donors (Lipinski definition) is 0. The van der Waals surface area contributed by atoms with Crippen molar-refractivity contribution in [3.05, 3.63) is 77.6 Å². The Bertz CT molecular complexity index is 1080. The van der Waals surface area contributed by atoms with Gasteiger partial charge in [-0.3, -0.25) is 9.80 Å².